The van der Waals surface area contributed by atoms with Gasteiger partial charge in [-0.1, -0.05) is 12.5 Å². The fourth-order valence-electron chi connectivity index (χ4n) is 2.21. The fraction of sp³-hybridized carbons (Fsp3) is 0.538. The summed E-state index contributed by atoms with van der Waals surface area (Å²) in [6.45, 7) is 0.835. The van der Waals surface area contributed by atoms with Crippen LogP contribution in [-0.2, 0) is 9.84 Å². The molecule has 1 fully saturated rings. The number of hydrogen-bond acceptors (Lipinski definition) is 5. The number of rotatable bonds is 4. The van der Waals surface area contributed by atoms with Gasteiger partial charge in [0.15, 0.2) is 9.84 Å². The summed E-state index contributed by atoms with van der Waals surface area (Å²) in [5.41, 5.74) is 6.98. The monoisotopic (exact) mass is 300 g/mol. The van der Waals surface area contributed by atoms with Crippen LogP contribution >= 0.6 is 11.8 Å². The molecule has 6 heteroatoms. The molecule has 3 N–H and O–H groups in total. The molecule has 1 aromatic rings. The number of nitrogen functional groups attached to an aromatic ring is 1. The van der Waals surface area contributed by atoms with Crippen molar-refractivity contribution in [2.24, 2.45) is 0 Å². The number of hydrogen-bond donors (Lipinski definition) is 2. The smallest absolute Gasteiger partial charge is 0.177 e. The summed E-state index contributed by atoms with van der Waals surface area (Å²) < 4.78 is 23.2. The average Bonchev–Trinajstić information content (AvgIpc) is 2.37. The van der Waals surface area contributed by atoms with Crippen LogP contribution in [0, 0.1) is 0 Å². The van der Waals surface area contributed by atoms with Gasteiger partial charge in [-0.25, -0.2) is 8.42 Å². The topological polar surface area (TPSA) is 72.2 Å². The van der Waals surface area contributed by atoms with E-state index < -0.39 is 9.84 Å². The predicted molar refractivity (Wildman–Crippen MR) is 82.6 cm³/mol. The molecule has 0 bridgehead atoms. The van der Waals surface area contributed by atoms with E-state index in [0.29, 0.717) is 16.6 Å². The van der Waals surface area contributed by atoms with Gasteiger partial charge in [-0.05, 0) is 30.7 Å². The van der Waals surface area contributed by atoms with E-state index in [0.717, 1.165) is 6.54 Å². The predicted octanol–water partition coefficient (Wildman–Crippen LogP) is 2.37. The molecule has 2 rings (SSSR count). The minimum Gasteiger partial charge on any atom is -0.396 e. The van der Waals surface area contributed by atoms with Gasteiger partial charge in [0.05, 0.1) is 16.3 Å². The SMILES string of the molecule is CS(=O)(=O)c1cccc(NCC2CCCCS2)c1N. The Labute approximate surface area is 119 Å². The number of thioether (sulfide) groups is 1. The maximum absolute atomic E-state index is 11.6. The van der Waals surface area contributed by atoms with Gasteiger partial charge < -0.3 is 11.1 Å². The molecule has 1 saturated heterocycles. The largest absolute Gasteiger partial charge is 0.396 e. The molecule has 1 unspecified atom stereocenters. The van der Waals surface area contributed by atoms with Crippen molar-refractivity contribution in [2.45, 2.75) is 29.4 Å². The number of nitrogens with two attached hydrogens (primary N) is 1. The molecule has 106 valence electrons. The fourth-order valence-corrected chi connectivity index (χ4v) is 4.29. The summed E-state index contributed by atoms with van der Waals surface area (Å²) in [5.74, 6) is 1.21. The third-order valence-electron chi connectivity index (χ3n) is 3.26. The van der Waals surface area contributed by atoms with Crippen LogP contribution in [0.15, 0.2) is 23.1 Å². The minimum absolute atomic E-state index is 0.203. The second-order valence-corrected chi connectivity index (χ2v) is 8.25. The lowest BCUT2D eigenvalue weighted by molar-refractivity contribution is 0.602. The minimum atomic E-state index is -3.27. The lowest BCUT2D eigenvalue weighted by Crippen LogP contribution is -2.20. The van der Waals surface area contributed by atoms with Crippen molar-refractivity contribution in [3.8, 4) is 0 Å². The Hall–Kier alpha value is -0.880. The van der Waals surface area contributed by atoms with Crippen molar-refractivity contribution in [3.05, 3.63) is 18.2 Å². The van der Waals surface area contributed by atoms with Crippen LogP contribution in [0.1, 0.15) is 19.3 Å². The van der Waals surface area contributed by atoms with Crippen LogP contribution < -0.4 is 11.1 Å². The van der Waals surface area contributed by atoms with Crippen LogP contribution in [-0.4, -0.2) is 32.2 Å². The number of anilines is 2. The number of nitrogens with one attached hydrogen (secondary N) is 1. The molecule has 0 amide bonds. The van der Waals surface area contributed by atoms with E-state index >= 15 is 0 Å². The molecule has 0 spiro atoms. The van der Waals surface area contributed by atoms with Gasteiger partial charge in [-0.3, -0.25) is 0 Å². The molecule has 0 saturated carbocycles. The first-order valence-corrected chi connectivity index (χ1v) is 9.36. The maximum atomic E-state index is 11.6. The zero-order valence-corrected chi connectivity index (χ0v) is 12.7. The summed E-state index contributed by atoms with van der Waals surface area (Å²) in [6.07, 6.45) is 4.97. The van der Waals surface area contributed by atoms with Crippen molar-refractivity contribution < 1.29 is 8.42 Å². The molecule has 1 aliphatic heterocycles. The summed E-state index contributed by atoms with van der Waals surface area (Å²) in [5, 5.41) is 3.88. The molecular formula is C13H20N2O2S2. The van der Waals surface area contributed by atoms with Crippen LogP contribution in [0.4, 0.5) is 11.4 Å². The maximum Gasteiger partial charge on any atom is 0.177 e. The first-order chi connectivity index (χ1) is 8.98. The Bertz CT molecular complexity index is 538. The second-order valence-electron chi connectivity index (χ2n) is 4.86. The van der Waals surface area contributed by atoms with Crippen molar-refractivity contribution in [3.63, 3.8) is 0 Å². The number of sulfone groups is 1. The molecule has 0 radical (unpaired) electrons. The van der Waals surface area contributed by atoms with E-state index in [1.807, 2.05) is 17.8 Å². The highest BCUT2D eigenvalue weighted by molar-refractivity contribution is 8.00. The highest BCUT2D eigenvalue weighted by atomic mass is 32.2. The first-order valence-electron chi connectivity index (χ1n) is 6.42. The Morgan fingerprint density at radius 1 is 1.42 bits per heavy atom. The van der Waals surface area contributed by atoms with E-state index in [2.05, 4.69) is 5.32 Å². The van der Waals surface area contributed by atoms with Crippen LogP contribution in [0.2, 0.25) is 0 Å². The van der Waals surface area contributed by atoms with Crippen LogP contribution in [0.5, 0.6) is 0 Å². The Balaban J connectivity index is 2.08. The van der Waals surface area contributed by atoms with Crippen molar-refractivity contribution >= 4 is 33.0 Å². The third-order valence-corrected chi connectivity index (χ3v) is 5.81. The van der Waals surface area contributed by atoms with Gasteiger partial charge in [-0.2, -0.15) is 11.8 Å². The van der Waals surface area contributed by atoms with E-state index in [9.17, 15) is 8.42 Å². The van der Waals surface area contributed by atoms with Gasteiger partial charge in [0.1, 0.15) is 0 Å². The lowest BCUT2D eigenvalue weighted by atomic mass is 10.2. The highest BCUT2D eigenvalue weighted by Gasteiger charge is 2.16. The van der Waals surface area contributed by atoms with Gasteiger partial charge in [0.25, 0.3) is 0 Å². The van der Waals surface area contributed by atoms with Crippen molar-refractivity contribution in [1.82, 2.24) is 0 Å². The van der Waals surface area contributed by atoms with Crippen molar-refractivity contribution in [2.75, 3.05) is 29.6 Å². The Morgan fingerprint density at radius 2 is 2.21 bits per heavy atom. The molecule has 19 heavy (non-hydrogen) atoms. The third kappa shape index (κ3) is 3.79. The van der Waals surface area contributed by atoms with E-state index in [4.69, 9.17) is 5.73 Å². The van der Waals surface area contributed by atoms with E-state index in [1.165, 1.54) is 31.3 Å². The first kappa shape index (κ1) is 14.5. The lowest BCUT2D eigenvalue weighted by Gasteiger charge is -2.22. The van der Waals surface area contributed by atoms with Gasteiger partial charge >= 0.3 is 0 Å². The average molecular weight is 300 g/mol. The number of para-hydroxylation sites is 1. The second kappa shape index (κ2) is 6.05. The van der Waals surface area contributed by atoms with Gasteiger partial charge in [0, 0.05) is 18.1 Å². The van der Waals surface area contributed by atoms with E-state index in [-0.39, 0.29) is 4.90 Å². The quantitative estimate of drug-likeness (QED) is 0.835. The summed E-state index contributed by atoms with van der Waals surface area (Å²) in [7, 11) is -3.27. The zero-order valence-electron chi connectivity index (χ0n) is 11.1. The standard InChI is InChI=1S/C13H20N2O2S2/c1-19(16,17)12-7-4-6-11(13(12)14)15-9-10-5-2-3-8-18-10/h4,6-7,10,15H,2-3,5,8-9,14H2,1H3. The van der Waals surface area contributed by atoms with Gasteiger partial charge in [0.2, 0.25) is 0 Å². The Kier molecular flexibility index (Phi) is 4.62. The van der Waals surface area contributed by atoms with Crippen LogP contribution in [0.25, 0.3) is 0 Å². The Morgan fingerprint density at radius 3 is 2.84 bits per heavy atom. The molecule has 0 aliphatic carbocycles. The normalized spacial score (nSPS) is 20.2. The van der Waals surface area contributed by atoms with E-state index in [1.54, 1.807) is 12.1 Å². The molecule has 1 atom stereocenters. The van der Waals surface area contributed by atoms with Crippen molar-refractivity contribution in [1.29, 1.82) is 0 Å². The summed E-state index contributed by atoms with van der Waals surface area (Å²) in [4.78, 5) is 0.203. The molecule has 0 aromatic heterocycles. The molecule has 4 nitrogen and oxygen atoms in total. The number of benzene rings is 1. The van der Waals surface area contributed by atoms with Gasteiger partial charge in [-0.15, -0.1) is 0 Å². The molecule has 1 heterocycles. The highest BCUT2D eigenvalue weighted by Crippen LogP contribution is 2.29. The molecular weight excluding hydrogens is 280 g/mol. The summed E-state index contributed by atoms with van der Waals surface area (Å²) in [6, 6.07) is 5.10. The molecule has 1 aromatic carbocycles. The molecule has 1 aliphatic rings. The van der Waals surface area contributed by atoms with Crippen LogP contribution in [0.3, 0.4) is 0 Å². The summed E-state index contributed by atoms with van der Waals surface area (Å²) >= 11 is 1.98. The zero-order chi connectivity index (χ0) is 13.9.